The monoisotopic (exact) mass is 662 g/mol. The van der Waals surface area contributed by atoms with Crippen molar-refractivity contribution in [2.45, 2.75) is 0 Å². The Bertz CT molecular complexity index is 3130. The largest absolute Gasteiger partial charge is 0.456 e. The molecule has 0 saturated heterocycles. The Morgan fingerprint density at radius 2 is 0.960 bits per heavy atom. The Hall–Kier alpha value is -6.43. The van der Waals surface area contributed by atoms with Crippen LogP contribution in [0.2, 0.25) is 0 Å². The summed E-state index contributed by atoms with van der Waals surface area (Å²) in [5, 5.41) is 4.10. The molecule has 0 aliphatic carbocycles. The lowest BCUT2D eigenvalue weighted by Gasteiger charge is -2.09. The normalized spacial score (nSPS) is 13.0. The third-order valence-corrected chi connectivity index (χ3v) is 10.3. The molecule has 0 radical (unpaired) electrons. The van der Waals surface area contributed by atoms with E-state index in [0.717, 1.165) is 69.9 Å². The van der Waals surface area contributed by atoms with Crippen molar-refractivity contribution in [1.29, 1.82) is 0 Å². The van der Waals surface area contributed by atoms with Crippen LogP contribution >= 0.6 is 11.3 Å². The summed E-state index contributed by atoms with van der Waals surface area (Å²) in [6, 6.07) is 42.5. The van der Waals surface area contributed by atoms with E-state index in [1.807, 2.05) is 97.1 Å². The molecular formula is C45H27N3OS. The Balaban J connectivity index is 1.08. The lowest BCUT2D eigenvalue weighted by atomic mass is 9.99. The first-order valence-corrected chi connectivity index (χ1v) is 17.0. The molecule has 0 aliphatic heterocycles. The molecule has 0 amide bonds. The van der Waals surface area contributed by atoms with Crippen molar-refractivity contribution in [2.75, 3.05) is 0 Å². The summed E-state index contributed by atoms with van der Waals surface area (Å²) in [6.07, 6.45) is 0. The fourth-order valence-corrected chi connectivity index (χ4v) is 8.00. The predicted octanol–water partition coefficient (Wildman–Crippen LogP) is 12.5. The highest BCUT2D eigenvalue weighted by Crippen LogP contribution is 2.44. The van der Waals surface area contributed by atoms with Crippen LogP contribution in [0.5, 0.6) is 0 Å². The SMILES string of the molecule is [2H]c1c([2H])c([2H])c(-c2cccc3c2sc2c(-c4ccc(-c5nc(-c6ccccc6)nc(-c6ccc7c(c6)oc6ccccc67)n5)cc4)cccc23)c([2H])c1[2H]. The molecule has 7 aromatic carbocycles. The van der Waals surface area contributed by atoms with Crippen molar-refractivity contribution in [3.8, 4) is 56.4 Å². The van der Waals surface area contributed by atoms with Gasteiger partial charge >= 0.3 is 0 Å². The molecule has 0 aliphatic rings. The molecule has 0 unspecified atom stereocenters. The number of furan rings is 1. The third kappa shape index (κ3) is 4.79. The zero-order chi connectivity index (χ0) is 37.4. The Kier molecular flexibility index (Phi) is 5.54. The van der Waals surface area contributed by atoms with Crippen LogP contribution in [0.4, 0.5) is 0 Å². The molecule has 50 heavy (non-hydrogen) atoms. The lowest BCUT2D eigenvalue weighted by Crippen LogP contribution is -2.00. The van der Waals surface area contributed by atoms with Gasteiger partial charge in [-0.15, -0.1) is 11.3 Å². The number of thiophene rings is 1. The van der Waals surface area contributed by atoms with Crippen molar-refractivity contribution in [3.63, 3.8) is 0 Å². The molecule has 0 atom stereocenters. The van der Waals surface area contributed by atoms with Crippen LogP contribution in [-0.4, -0.2) is 15.0 Å². The molecule has 5 heteroatoms. The van der Waals surface area contributed by atoms with Gasteiger partial charge in [-0.25, -0.2) is 15.0 Å². The zero-order valence-electron chi connectivity index (χ0n) is 31.4. The van der Waals surface area contributed by atoms with Gasteiger partial charge in [-0.2, -0.15) is 0 Å². The fourth-order valence-electron chi connectivity index (χ4n) is 6.64. The second-order valence-electron chi connectivity index (χ2n) is 12.0. The van der Waals surface area contributed by atoms with Gasteiger partial charge in [0.1, 0.15) is 11.2 Å². The van der Waals surface area contributed by atoms with Crippen molar-refractivity contribution in [1.82, 2.24) is 15.0 Å². The van der Waals surface area contributed by atoms with Gasteiger partial charge in [0, 0.05) is 47.6 Å². The molecule has 0 fully saturated rings. The van der Waals surface area contributed by atoms with E-state index in [-0.39, 0.29) is 29.7 Å². The summed E-state index contributed by atoms with van der Waals surface area (Å²) in [4.78, 5) is 14.8. The summed E-state index contributed by atoms with van der Waals surface area (Å²) in [6.45, 7) is 0. The van der Waals surface area contributed by atoms with Crippen LogP contribution in [-0.2, 0) is 0 Å². The van der Waals surface area contributed by atoms with Crippen LogP contribution in [0, 0.1) is 0 Å². The quantitative estimate of drug-likeness (QED) is 0.184. The highest BCUT2D eigenvalue weighted by molar-refractivity contribution is 7.26. The molecule has 3 aromatic heterocycles. The van der Waals surface area contributed by atoms with Crippen molar-refractivity contribution in [2.24, 2.45) is 0 Å². The van der Waals surface area contributed by atoms with Gasteiger partial charge in [0.05, 0.1) is 6.85 Å². The Morgan fingerprint density at radius 3 is 1.68 bits per heavy atom. The molecule has 234 valence electrons. The van der Waals surface area contributed by atoms with Gasteiger partial charge < -0.3 is 4.42 Å². The number of hydrogen-bond donors (Lipinski definition) is 0. The highest BCUT2D eigenvalue weighted by Gasteiger charge is 2.17. The van der Waals surface area contributed by atoms with Crippen molar-refractivity contribution in [3.05, 3.63) is 164 Å². The molecule has 0 N–H and O–H groups in total. The minimum atomic E-state index is -0.401. The van der Waals surface area contributed by atoms with Crippen LogP contribution in [0.25, 0.3) is 98.5 Å². The first kappa shape index (κ1) is 23.8. The van der Waals surface area contributed by atoms with Crippen LogP contribution in [0.3, 0.4) is 0 Å². The van der Waals surface area contributed by atoms with E-state index in [2.05, 4.69) is 36.4 Å². The number of aromatic nitrogens is 3. The number of rotatable bonds is 5. The van der Waals surface area contributed by atoms with E-state index < -0.39 is 6.04 Å². The lowest BCUT2D eigenvalue weighted by molar-refractivity contribution is 0.669. The van der Waals surface area contributed by atoms with E-state index in [1.54, 1.807) is 11.3 Å². The molecule has 0 bridgehead atoms. The summed E-state index contributed by atoms with van der Waals surface area (Å²) >= 11 is 1.56. The molecular weight excluding hydrogens is 631 g/mol. The van der Waals surface area contributed by atoms with Gasteiger partial charge in [-0.1, -0.05) is 145 Å². The highest BCUT2D eigenvalue weighted by atomic mass is 32.1. The average molecular weight is 663 g/mol. The number of fused-ring (bicyclic) bond motifs is 6. The second kappa shape index (κ2) is 11.6. The van der Waals surface area contributed by atoms with Crippen LogP contribution < -0.4 is 0 Å². The third-order valence-electron chi connectivity index (χ3n) is 9.05. The van der Waals surface area contributed by atoms with Gasteiger partial charge in [-0.05, 0) is 40.5 Å². The first-order valence-electron chi connectivity index (χ1n) is 18.7. The minimum absolute atomic E-state index is 0.207. The van der Waals surface area contributed by atoms with E-state index in [9.17, 15) is 0 Å². The van der Waals surface area contributed by atoms with Crippen LogP contribution in [0.15, 0.2) is 168 Å². The van der Waals surface area contributed by atoms with E-state index >= 15 is 0 Å². The predicted molar refractivity (Wildman–Crippen MR) is 207 cm³/mol. The number of para-hydroxylation sites is 1. The number of nitrogens with zero attached hydrogens (tertiary/aromatic N) is 3. The summed E-state index contributed by atoms with van der Waals surface area (Å²) in [5.41, 5.74) is 6.99. The van der Waals surface area contributed by atoms with Gasteiger partial charge in [0.15, 0.2) is 17.5 Å². The van der Waals surface area contributed by atoms with Crippen LogP contribution in [0.1, 0.15) is 6.85 Å². The van der Waals surface area contributed by atoms with Gasteiger partial charge in [0.2, 0.25) is 0 Å². The molecule has 3 heterocycles. The van der Waals surface area contributed by atoms with Gasteiger partial charge in [0.25, 0.3) is 0 Å². The molecule has 10 aromatic rings. The number of benzene rings is 7. The molecule has 4 nitrogen and oxygen atoms in total. The summed E-state index contributed by atoms with van der Waals surface area (Å²) in [5.74, 6) is 1.66. The zero-order valence-corrected chi connectivity index (χ0v) is 27.2. The standard InChI is InChI=1S/C45H27N3OS/c1-3-11-28(12-4-1)33-16-9-18-37-38-19-10-17-34(42(38)50-41(33)37)29-21-23-31(24-22-29)44-46-43(30-13-5-2-6-14-30)47-45(48-44)32-25-26-36-35-15-7-8-20-39(35)49-40(36)27-32/h1-27H/i1D,3D,4D,11D,12D. The summed E-state index contributed by atoms with van der Waals surface area (Å²) in [7, 11) is 0. The average Bonchev–Trinajstić information content (AvgIpc) is 3.81. The van der Waals surface area contributed by atoms with Gasteiger partial charge in [-0.3, -0.25) is 0 Å². The minimum Gasteiger partial charge on any atom is -0.456 e. The van der Waals surface area contributed by atoms with E-state index in [0.29, 0.717) is 23.0 Å². The molecule has 0 spiro atoms. The number of hydrogen-bond acceptors (Lipinski definition) is 5. The van der Waals surface area contributed by atoms with E-state index in [4.69, 9.17) is 26.2 Å². The topological polar surface area (TPSA) is 51.8 Å². The van der Waals surface area contributed by atoms with E-state index in [1.165, 1.54) is 0 Å². The van der Waals surface area contributed by atoms with Crippen molar-refractivity contribution >= 4 is 53.4 Å². The summed E-state index contributed by atoms with van der Waals surface area (Å²) < 4.78 is 50.0. The molecule has 0 saturated carbocycles. The maximum atomic E-state index is 8.64. The fraction of sp³-hybridized carbons (Fsp3) is 0. The second-order valence-corrected chi connectivity index (χ2v) is 13.0. The molecule has 10 rings (SSSR count). The van der Waals surface area contributed by atoms with Crippen molar-refractivity contribution < 1.29 is 11.3 Å². The first-order chi connectivity index (χ1) is 26.8. The Labute approximate surface area is 299 Å². The maximum Gasteiger partial charge on any atom is 0.164 e. The maximum absolute atomic E-state index is 8.64. The smallest absolute Gasteiger partial charge is 0.164 e. The Morgan fingerprint density at radius 1 is 0.420 bits per heavy atom.